The van der Waals surface area contributed by atoms with Crippen LogP contribution in [0.5, 0.6) is 0 Å². The van der Waals surface area contributed by atoms with Crippen LogP contribution in [0.1, 0.15) is 5.56 Å². The van der Waals surface area contributed by atoms with E-state index in [1.54, 1.807) is 0 Å². The van der Waals surface area contributed by atoms with Crippen LogP contribution < -0.4 is 10.8 Å². The fourth-order valence-electron chi connectivity index (χ4n) is 1.39. The summed E-state index contributed by atoms with van der Waals surface area (Å²) in [5.41, 5.74) is 1.47. The van der Waals surface area contributed by atoms with Gasteiger partial charge in [0.25, 0.3) is 0 Å². The smallest absolute Gasteiger partial charge is 0.423 e. The van der Waals surface area contributed by atoms with E-state index in [-0.39, 0.29) is 17.8 Å². The molecule has 1 amide bonds. The van der Waals surface area contributed by atoms with E-state index in [0.717, 1.165) is 0 Å². The summed E-state index contributed by atoms with van der Waals surface area (Å²) < 4.78 is 0. The molecule has 1 aliphatic heterocycles. The maximum Gasteiger partial charge on any atom is 0.490 e. The number of hydrogen-bond acceptors (Lipinski definition) is 4. The lowest BCUT2D eigenvalue weighted by Crippen LogP contribution is -2.33. The van der Waals surface area contributed by atoms with Gasteiger partial charge in [0.05, 0.1) is 18.3 Å². The molecule has 1 aliphatic rings. The molecule has 13 heavy (non-hydrogen) atoms. The minimum Gasteiger partial charge on any atom is -0.423 e. The van der Waals surface area contributed by atoms with E-state index in [1.807, 2.05) is 0 Å². The number of rotatable bonds is 1. The Hall–Kier alpha value is -1.40. The molecular formula is C7H7BN2O3. The summed E-state index contributed by atoms with van der Waals surface area (Å²) in [7, 11) is -1.57. The number of pyridine rings is 1. The zero-order valence-electron chi connectivity index (χ0n) is 6.69. The van der Waals surface area contributed by atoms with Crippen molar-refractivity contribution in [2.24, 2.45) is 0 Å². The molecule has 2 heterocycles. The summed E-state index contributed by atoms with van der Waals surface area (Å²) >= 11 is 0. The van der Waals surface area contributed by atoms with Crippen molar-refractivity contribution in [3.05, 3.63) is 18.0 Å². The Morgan fingerprint density at radius 1 is 1.46 bits per heavy atom. The van der Waals surface area contributed by atoms with E-state index >= 15 is 0 Å². The van der Waals surface area contributed by atoms with Crippen LogP contribution in [0.25, 0.3) is 0 Å². The lowest BCUT2D eigenvalue weighted by atomic mass is 9.77. The maximum absolute atomic E-state index is 11.0. The van der Waals surface area contributed by atoms with Crippen LogP contribution in [0.4, 0.5) is 5.69 Å². The highest BCUT2D eigenvalue weighted by Crippen LogP contribution is 2.18. The molecule has 0 unspecified atom stereocenters. The molecule has 0 radical (unpaired) electrons. The first-order chi connectivity index (χ1) is 6.18. The van der Waals surface area contributed by atoms with Crippen LogP contribution in [0.3, 0.4) is 0 Å². The van der Waals surface area contributed by atoms with E-state index in [4.69, 9.17) is 10.0 Å². The summed E-state index contributed by atoms with van der Waals surface area (Å²) in [6, 6.07) is 0. The van der Waals surface area contributed by atoms with E-state index < -0.39 is 7.12 Å². The van der Waals surface area contributed by atoms with Gasteiger partial charge in [0, 0.05) is 11.7 Å². The third-order valence-electron chi connectivity index (χ3n) is 1.98. The predicted octanol–water partition coefficient (Wildman–Crippen LogP) is -1.74. The van der Waals surface area contributed by atoms with Crippen molar-refractivity contribution in [1.82, 2.24) is 4.98 Å². The van der Waals surface area contributed by atoms with Gasteiger partial charge < -0.3 is 15.4 Å². The zero-order valence-corrected chi connectivity index (χ0v) is 6.69. The number of nitrogens with zero attached hydrogens (tertiary/aromatic N) is 1. The molecule has 0 spiro atoms. The van der Waals surface area contributed by atoms with E-state index in [2.05, 4.69) is 10.3 Å². The van der Waals surface area contributed by atoms with Crippen molar-refractivity contribution in [3.8, 4) is 0 Å². The molecule has 0 atom stereocenters. The standard InChI is InChI=1S/C7H7BN2O3/c11-7-1-4-5(8(12)13)2-9-3-6(4)10-7/h2-3,12-13H,1H2,(H,10,11). The molecular weight excluding hydrogens is 171 g/mol. The van der Waals surface area contributed by atoms with Gasteiger partial charge in [-0.25, -0.2) is 0 Å². The van der Waals surface area contributed by atoms with Crippen molar-refractivity contribution in [2.45, 2.75) is 6.42 Å². The molecule has 66 valence electrons. The van der Waals surface area contributed by atoms with Gasteiger partial charge in [-0.1, -0.05) is 0 Å². The van der Waals surface area contributed by atoms with Crippen LogP contribution in [-0.2, 0) is 11.2 Å². The summed E-state index contributed by atoms with van der Waals surface area (Å²) in [5, 5.41) is 20.5. The summed E-state index contributed by atoms with van der Waals surface area (Å²) in [6.45, 7) is 0. The molecule has 3 N–H and O–H groups in total. The number of nitrogens with one attached hydrogen (secondary N) is 1. The number of aromatic nitrogens is 1. The van der Waals surface area contributed by atoms with Crippen LogP contribution in [-0.4, -0.2) is 28.1 Å². The Bertz CT molecular complexity index is 367. The quantitative estimate of drug-likeness (QED) is 0.445. The third-order valence-corrected chi connectivity index (χ3v) is 1.98. The number of hydrogen-bond donors (Lipinski definition) is 3. The van der Waals surface area contributed by atoms with Crippen LogP contribution in [0, 0.1) is 0 Å². The lowest BCUT2D eigenvalue weighted by molar-refractivity contribution is -0.115. The fourth-order valence-corrected chi connectivity index (χ4v) is 1.39. The van der Waals surface area contributed by atoms with Crippen molar-refractivity contribution in [2.75, 3.05) is 5.32 Å². The Labute approximate surface area is 74.6 Å². The van der Waals surface area contributed by atoms with Crippen molar-refractivity contribution < 1.29 is 14.8 Å². The van der Waals surface area contributed by atoms with E-state index in [0.29, 0.717) is 11.3 Å². The van der Waals surface area contributed by atoms with Gasteiger partial charge in [0.2, 0.25) is 5.91 Å². The Balaban J connectivity index is 2.51. The van der Waals surface area contributed by atoms with Gasteiger partial charge in [-0.05, 0) is 5.56 Å². The number of carbonyl (C=O) groups excluding carboxylic acids is 1. The number of amides is 1. The van der Waals surface area contributed by atoms with Gasteiger partial charge in [-0.3, -0.25) is 9.78 Å². The molecule has 0 aromatic carbocycles. The van der Waals surface area contributed by atoms with Gasteiger partial charge in [0.15, 0.2) is 0 Å². The van der Waals surface area contributed by atoms with Gasteiger partial charge in [-0.15, -0.1) is 0 Å². The first-order valence-corrected chi connectivity index (χ1v) is 3.81. The molecule has 6 heteroatoms. The molecule has 1 aromatic rings. The predicted molar refractivity (Wildman–Crippen MR) is 46.4 cm³/mol. The number of carbonyl (C=O) groups is 1. The molecule has 0 saturated heterocycles. The highest BCUT2D eigenvalue weighted by atomic mass is 16.4. The Morgan fingerprint density at radius 3 is 2.92 bits per heavy atom. The fraction of sp³-hybridized carbons (Fsp3) is 0.143. The molecule has 2 rings (SSSR count). The van der Waals surface area contributed by atoms with Crippen molar-refractivity contribution in [1.29, 1.82) is 0 Å². The lowest BCUT2D eigenvalue weighted by Gasteiger charge is -2.03. The molecule has 5 nitrogen and oxygen atoms in total. The molecule has 0 bridgehead atoms. The highest BCUT2D eigenvalue weighted by Gasteiger charge is 2.25. The van der Waals surface area contributed by atoms with Crippen molar-refractivity contribution in [3.63, 3.8) is 0 Å². The molecule has 0 saturated carbocycles. The molecule has 0 fully saturated rings. The first-order valence-electron chi connectivity index (χ1n) is 3.81. The second-order valence-corrected chi connectivity index (χ2v) is 2.85. The average molecular weight is 178 g/mol. The average Bonchev–Trinajstić information content (AvgIpc) is 2.43. The second-order valence-electron chi connectivity index (χ2n) is 2.85. The van der Waals surface area contributed by atoms with Gasteiger partial charge in [-0.2, -0.15) is 0 Å². The Morgan fingerprint density at radius 2 is 2.23 bits per heavy atom. The first kappa shape index (κ1) is 8.21. The van der Waals surface area contributed by atoms with Crippen LogP contribution in [0.2, 0.25) is 0 Å². The minimum absolute atomic E-state index is 0.148. The Kier molecular flexibility index (Phi) is 1.79. The van der Waals surface area contributed by atoms with E-state index in [1.165, 1.54) is 12.4 Å². The number of fused-ring (bicyclic) bond motifs is 1. The molecule has 0 aliphatic carbocycles. The monoisotopic (exact) mass is 178 g/mol. The summed E-state index contributed by atoms with van der Waals surface area (Å²) in [6.07, 6.45) is 3.03. The van der Waals surface area contributed by atoms with E-state index in [9.17, 15) is 4.79 Å². The SMILES string of the molecule is O=C1Cc2c(cncc2B(O)O)N1. The second kappa shape index (κ2) is 2.83. The maximum atomic E-state index is 11.0. The van der Waals surface area contributed by atoms with Crippen LogP contribution >= 0.6 is 0 Å². The summed E-state index contributed by atoms with van der Waals surface area (Å²) in [4.78, 5) is 14.7. The summed E-state index contributed by atoms with van der Waals surface area (Å²) in [5.74, 6) is -0.148. The zero-order chi connectivity index (χ0) is 9.42. The van der Waals surface area contributed by atoms with Gasteiger partial charge in [0.1, 0.15) is 0 Å². The van der Waals surface area contributed by atoms with Crippen LogP contribution in [0.15, 0.2) is 12.4 Å². The molecule has 1 aromatic heterocycles. The normalized spacial score (nSPS) is 13.8. The van der Waals surface area contributed by atoms with Crippen molar-refractivity contribution >= 4 is 24.2 Å². The topological polar surface area (TPSA) is 82.5 Å². The largest absolute Gasteiger partial charge is 0.490 e. The van der Waals surface area contributed by atoms with Gasteiger partial charge >= 0.3 is 7.12 Å². The number of anilines is 1. The third kappa shape index (κ3) is 1.30. The minimum atomic E-state index is -1.57. The highest BCUT2D eigenvalue weighted by molar-refractivity contribution is 6.59.